The van der Waals surface area contributed by atoms with E-state index in [1.165, 1.54) is 30.4 Å². The predicted molar refractivity (Wildman–Crippen MR) is 102 cm³/mol. The van der Waals surface area contributed by atoms with Crippen molar-refractivity contribution in [3.8, 4) is 11.5 Å². The minimum Gasteiger partial charge on any atom is -0.493 e. The molecular weight excluding hydrogens is 362 g/mol. The molecular formula is C21H21NO6. The van der Waals surface area contributed by atoms with E-state index >= 15 is 0 Å². The Kier molecular flexibility index (Phi) is 6.26. The van der Waals surface area contributed by atoms with Gasteiger partial charge >= 0.3 is 5.97 Å². The van der Waals surface area contributed by atoms with Crippen LogP contribution in [0.15, 0.2) is 36.4 Å². The van der Waals surface area contributed by atoms with Gasteiger partial charge in [0.1, 0.15) is 6.29 Å². The van der Waals surface area contributed by atoms with Crippen LogP contribution in [0.25, 0.3) is 0 Å². The molecule has 0 saturated heterocycles. The van der Waals surface area contributed by atoms with Crippen molar-refractivity contribution in [2.75, 3.05) is 25.6 Å². The SMILES string of the molecule is COc1cc(C=O)ccc1OCC(=O)OCC(=O)Nc1ccc2c(c1)CCC2. The fraction of sp³-hybridized carbons (Fsp3) is 0.286. The highest BCUT2D eigenvalue weighted by Crippen LogP contribution is 2.27. The van der Waals surface area contributed by atoms with Gasteiger partial charge in [-0.3, -0.25) is 9.59 Å². The zero-order chi connectivity index (χ0) is 19.9. The molecule has 0 bridgehead atoms. The molecule has 0 radical (unpaired) electrons. The molecule has 28 heavy (non-hydrogen) atoms. The normalized spacial score (nSPS) is 12.0. The van der Waals surface area contributed by atoms with Gasteiger partial charge in [0, 0.05) is 11.3 Å². The molecule has 1 aliphatic rings. The smallest absolute Gasteiger partial charge is 0.344 e. The summed E-state index contributed by atoms with van der Waals surface area (Å²) >= 11 is 0. The second-order valence-electron chi connectivity index (χ2n) is 6.36. The van der Waals surface area contributed by atoms with E-state index in [-0.39, 0.29) is 6.61 Å². The lowest BCUT2D eigenvalue weighted by atomic mass is 10.1. The largest absolute Gasteiger partial charge is 0.493 e. The number of nitrogens with one attached hydrogen (secondary N) is 1. The van der Waals surface area contributed by atoms with E-state index < -0.39 is 18.5 Å². The van der Waals surface area contributed by atoms with Crippen LogP contribution in [0.4, 0.5) is 5.69 Å². The number of methoxy groups -OCH3 is 1. The molecule has 1 aliphatic carbocycles. The number of esters is 1. The highest BCUT2D eigenvalue weighted by atomic mass is 16.6. The molecule has 1 N–H and O–H groups in total. The number of anilines is 1. The maximum absolute atomic E-state index is 12.0. The van der Waals surface area contributed by atoms with Gasteiger partial charge in [-0.05, 0) is 60.7 Å². The van der Waals surface area contributed by atoms with E-state index in [1.807, 2.05) is 18.2 Å². The maximum atomic E-state index is 12.0. The first-order valence-electron chi connectivity index (χ1n) is 8.92. The first-order valence-corrected chi connectivity index (χ1v) is 8.92. The van der Waals surface area contributed by atoms with Crippen molar-refractivity contribution >= 4 is 23.9 Å². The first-order chi connectivity index (χ1) is 13.6. The molecule has 0 fully saturated rings. The molecule has 7 nitrogen and oxygen atoms in total. The van der Waals surface area contributed by atoms with Gasteiger partial charge < -0.3 is 19.5 Å². The van der Waals surface area contributed by atoms with Crippen molar-refractivity contribution in [2.24, 2.45) is 0 Å². The minimum absolute atomic E-state index is 0.299. The van der Waals surface area contributed by atoms with Crippen molar-refractivity contribution in [3.05, 3.63) is 53.1 Å². The van der Waals surface area contributed by atoms with Crippen LogP contribution in [0.5, 0.6) is 11.5 Å². The predicted octanol–water partition coefficient (Wildman–Crippen LogP) is 2.56. The number of fused-ring (bicyclic) bond motifs is 1. The molecule has 0 unspecified atom stereocenters. The number of hydrogen-bond donors (Lipinski definition) is 1. The first kappa shape index (κ1) is 19.4. The lowest BCUT2D eigenvalue weighted by Crippen LogP contribution is -2.23. The number of carbonyl (C=O) groups excluding carboxylic acids is 3. The number of ether oxygens (including phenoxy) is 3. The lowest BCUT2D eigenvalue weighted by molar-refractivity contribution is -0.149. The molecule has 0 saturated carbocycles. The number of aryl methyl sites for hydroxylation is 2. The van der Waals surface area contributed by atoms with Crippen molar-refractivity contribution < 1.29 is 28.6 Å². The Balaban J connectivity index is 1.45. The summed E-state index contributed by atoms with van der Waals surface area (Å²) in [6, 6.07) is 10.4. The second kappa shape index (κ2) is 9.03. The summed E-state index contributed by atoms with van der Waals surface area (Å²) in [5, 5.41) is 2.72. The van der Waals surface area contributed by atoms with Crippen LogP contribution in [0.1, 0.15) is 27.9 Å². The molecule has 146 valence electrons. The summed E-state index contributed by atoms with van der Waals surface area (Å²) < 4.78 is 15.4. The van der Waals surface area contributed by atoms with Crippen molar-refractivity contribution in [3.63, 3.8) is 0 Å². The van der Waals surface area contributed by atoms with Gasteiger partial charge in [0.25, 0.3) is 5.91 Å². The van der Waals surface area contributed by atoms with Gasteiger partial charge in [0.05, 0.1) is 7.11 Å². The van der Waals surface area contributed by atoms with Gasteiger partial charge in [-0.15, -0.1) is 0 Å². The molecule has 2 aromatic rings. The fourth-order valence-corrected chi connectivity index (χ4v) is 3.05. The van der Waals surface area contributed by atoms with Crippen LogP contribution >= 0.6 is 0 Å². The number of benzene rings is 2. The Bertz CT molecular complexity index is 892. The quantitative estimate of drug-likeness (QED) is 0.556. The fourth-order valence-electron chi connectivity index (χ4n) is 3.05. The number of amides is 1. The van der Waals surface area contributed by atoms with Crippen molar-refractivity contribution in [1.82, 2.24) is 0 Å². The summed E-state index contributed by atoms with van der Waals surface area (Å²) in [6.07, 6.45) is 3.90. The Labute approximate surface area is 162 Å². The standard InChI is InChI=1S/C21H21NO6/c1-26-19-9-14(11-23)5-8-18(19)27-13-21(25)28-12-20(24)22-17-7-6-15-3-2-4-16(15)10-17/h5-11H,2-4,12-13H2,1H3,(H,22,24). The Morgan fingerprint density at radius 3 is 2.64 bits per heavy atom. The van der Waals surface area contributed by atoms with Crippen LogP contribution in [0.3, 0.4) is 0 Å². The van der Waals surface area contributed by atoms with Crippen LogP contribution < -0.4 is 14.8 Å². The highest BCUT2D eigenvalue weighted by Gasteiger charge is 2.14. The molecule has 0 aromatic heterocycles. The average molecular weight is 383 g/mol. The van der Waals surface area contributed by atoms with Gasteiger partial charge in [-0.1, -0.05) is 6.07 Å². The Morgan fingerprint density at radius 1 is 1.04 bits per heavy atom. The van der Waals surface area contributed by atoms with Crippen LogP contribution in [-0.4, -0.2) is 38.5 Å². The topological polar surface area (TPSA) is 90.9 Å². The summed E-state index contributed by atoms with van der Waals surface area (Å²) in [5.74, 6) is -0.482. The molecule has 0 heterocycles. The number of carbonyl (C=O) groups is 3. The molecule has 0 spiro atoms. The molecule has 0 atom stereocenters. The van der Waals surface area contributed by atoms with E-state index in [0.717, 1.165) is 19.3 Å². The zero-order valence-corrected chi connectivity index (χ0v) is 15.5. The minimum atomic E-state index is -0.689. The number of rotatable bonds is 8. The van der Waals surface area contributed by atoms with Crippen LogP contribution in [0, 0.1) is 0 Å². The van der Waals surface area contributed by atoms with Gasteiger partial charge in [-0.25, -0.2) is 4.79 Å². The van der Waals surface area contributed by atoms with Crippen molar-refractivity contribution in [2.45, 2.75) is 19.3 Å². The number of aldehydes is 1. The third-order valence-electron chi connectivity index (χ3n) is 4.42. The zero-order valence-electron chi connectivity index (χ0n) is 15.5. The summed E-state index contributed by atoms with van der Waals surface area (Å²) in [5.41, 5.74) is 3.68. The van der Waals surface area contributed by atoms with Gasteiger partial charge in [-0.2, -0.15) is 0 Å². The highest BCUT2D eigenvalue weighted by molar-refractivity contribution is 5.93. The Morgan fingerprint density at radius 2 is 1.86 bits per heavy atom. The van der Waals surface area contributed by atoms with Crippen molar-refractivity contribution in [1.29, 1.82) is 0 Å². The molecule has 7 heteroatoms. The molecule has 3 rings (SSSR count). The van der Waals surface area contributed by atoms with E-state index in [9.17, 15) is 14.4 Å². The average Bonchev–Trinajstić information content (AvgIpc) is 3.18. The molecule has 0 aliphatic heterocycles. The van der Waals surface area contributed by atoms with Crippen LogP contribution in [-0.2, 0) is 27.2 Å². The van der Waals surface area contributed by atoms with Crippen LogP contribution in [0.2, 0.25) is 0 Å². The number of hydrogen-bond acceptors (Lipinski definition) is 6. The van der Waals surface area contributed by atoms with Gasteiger partial charge in [0.15, 0.2) is 24.7 Å². The third kappa shape index (κ3) is 4.88. The van der Waals surface area contributed by atoms with E-state index in [1.54, 1.807) is 6.07 Å². The summed E-state index contributed by atoms with van der Waals surface area (Å²) in [7, 11) is 1.43. The summed E-state index contributed by atoms with van der Waals surface area (Å²) in [6.45, 7) is -0.788. The maximum Gasteiger partial charge on any atom is 0.344 e. The molecule has 2 aromatic carbocycles. The summed E-state index contributed by atoms with van der Waals surface area (Å²) in [4.78, 5) is 34.6. The van der Waals surface area contributed by atoms with Gasteiger partial charge in [0.2, 0.25) is 0 Å². The monoisotopic (exact) mass is 383 g/mol. The lowest BCUT2D eigenvalue weighted by Gasteiger charge is -2.11. The van der Waals surface area contributed by atoms with E-state index in [4.69, 9.17) is 14.2 Å². The Hall–Kier alpha value is -3.35. The molecule has 1 amide bonds. The third-order valence-corrected chi connectivity index (χ3v) is 4.42. The van der Waals surface area contributed by atoms with E-state index in [0.29, 0.717) is 29.0 Å². The second-order valence-corrected chi connectivity index (χ2v) is 6.36. The van der Waals surface area contributed by atoms with E-state index in [2.05, 4.69) is 5.32 Å².